The van der Waals surface area contributed by atoms with E-state index in [2.05, 4.69) is 15.5 Å². The van der Waals surface area contributed by atoms with E-state index in [1.54, 1.807) is 6.07 Å². The van der Waals surface area contributed by atoms with Gasteiger partial charge in [0.2, 0.25) is 5.89 Å². The van der Waals surface area contributed by atoms with Crippen molar-refractivity contribution in [3.8, 4) is 5.75 Å². The van der Waals surface area contributed by atoms with Crippen LogP contribution in [0.4, 0.5) is 19.2 Å². The van der Waals surface area contributed by atoms with E-state index in [1.165, 1.54) is 12.1 Å². The zero-order chi connectivity index (χ0) is 18.4. The third-order valence-corrected chi connectivity index (χ3v) is 3.55. The lowest BCUT2D eigenvalue weighted by atomic mass is 10.1. The fourth-order valence-corrected chi connectivity index (χ4v) is 2.32. The second kappa shape index (κ2) is 7.90. The minimum atomic E-state index is -4.41. The first-order chi connectivity index (χ1) is 12.5. The number of hydrogen-bond donors (Lipinski definition) is 1. The summed E-state index contributed by atoms with van der Waals surface area (Å²) in [5.74, 6) is 1.07. The largest absolute Gasteiger partial charge is 0.493 e. The van der Waals surface area contributed by atoms with Gasteiger partial charge in [-0.3, -0.25) is 0 Å². The lowest BCUT2D eigenvalue weighted by Gasteiger charge is -2.12. The molecular weight excluding hydrogens is 347 g/mol. The summed E-state index contributed by atoms with van der Waals surface area (Å²) in [6.45, 7) is 0.278. The van der Waals surface area contributed by atoms with Crippen LogP contribution in [0.15, 0.2) is 59.0 Å². The molecule has 0 amide bonds. The predicted molar refractivity (Wildman–Crippen MR) is 88.7 cm³/mol. The van der Waals surface area contributed by atoms with Crippen molar-refractivity contribution in [2.45, 2.75) is 19.1 Å². The van der Waals surface area contributed by atoms with Gasteiger partial charge in [0.1, 0.15) is 5.75 Å². The second-order valence-corrected chi connectivity index (χ2v) is 5.42. The highest BCUT2D eigenvalue weighted by atomic mass is 19.4. The van der Waals surface area contributed by atoms with E-state index in [0.717, 1.165) is 11.8 Å². The summed E-state index contributed by atoms with van der Waals surface area (Å²) in [5.41, 5.74) is -0.587. The molecule has 26 heavy (non-hydrogen) atoms. The van der Waals surface area contributed by atoms with E-state index in [9.17, 15) is 13.2 Å². The molecule has 0 fully saturated rings. The molecule has 0 bridgehead atoms. The summed E-state index contributed by atoms with van der Waals surface area (Å²) < 4.78 is 49.8. The number of nitrogens with zero attached hydrogens (tertiary/aromatic N) is 2. The van der Waals surface area contributed by atoms with Crippen LogP contribution < -0.4 is 10.1 Å². The smallest absolute Gasteiger partial charge is 0.416 e. The van der Waals surface area contributed by atoms with Gasteiger partial charge in [0.25, 0.3) is 0 Å². The van der Waals surface area contributed by atoms with Gasteiger partial charge >= 0.3 is 12.2 Å². The molecule has 0 saturated carbocycles. The summed E-state index contributed by atoms with van der Waals surface area (Å²) in [6, 6.07) is 14.7. The van der Waals surface area contributed by atoms with Crippen molar-refractivity contribution in [1.29, 1.82) is 0 Å². The van der Waals surface area contributed by atoms with E-state index in [-0.39, 0.29) is 18.1 Å². The van der Waals surface area contributed by atoms with Crippen molar-refractivity contribution in [3.63, 3.8) is 0 Å². The average molecular weight is 363 g/mol. The number of para-hydroxylation sites is 1. The highest BCUT2D eigenvalue weighted by Crippen LogP contribution is 2.32. The lowest BCUT2D eigenvalue weighted by molar-refractivity contribution is -0.138. The number of nitrogens with one attached hydrogen (secondary N) is 1. The number of aromatic nitrogens is 2. The molecule has 0 aliphatic carbocycles. The topological polar surface area (TPSA) is 60.2 Å². The van der Waals surface area contributed by atoms with Crippen LogP contribution >= 0.6 is 0 Å². The van der Waals surface area contributed by atoms with Crippen molar-refractivity contribution >= 4 is 6.01 Å². The van der Waals surface area contributed by atoms with Crippen molar-refractivity contribution in [2.24, 2.45) is 0 Å². The monoisotopic (exact) mass is 363 g/mol. The molecule has 5 nitrogen and oxygen atoms in total. The molecule has 3 aromatic rings. The maximum atomic E-state index is 13.0. The maximum absolute atomic E-state index is 13.0. The summed E-state index contributed by atoms with van der Waals surface area (Å²) in [6.07, 6.45) is -4.02. The Labute approximate surface area is 147 Å². The predicted octanol–water partition coefficient (Wildman–Crippen LogP) is 4.32. The Kier molecular flexibility index (Phi) is 5.40. The Morgan fingerprint density at radius 3 is 2.46 bits per heavy atom. The van der Waals surface area contributed by atoms with Crippen LogP contribution in [0.25, 0.3) is 0 Å². The van der Waals surface area contributed by atoms with E-state index in [1.807, 2.05) is 30.3 Å². The minimum Gasteiger partial charge on any atom is -0.493 e. The van der Waals surface area contributed by atoms with Crippen molar-refractivity contribution < 1.29 is 22.3 Å². The zero-order valence-corrected chi connectivity index (χ0v) is 13.7. The summed E-state index contributed by atoms with van der Waals surface area (Å²) in [7, 11) is 0. The highest BCUT2D eigenvalue weighted by molar-refractivity contribution is 5.33. The van der Waals surface area contributed by atoms with Crippen LogP contribution in [0, 0.1) is 0 Å². The molecule has 1 N–H and O–H groups in total. The van der Waals surface area contributed by atoms with Gasteiger partial charge < -0.3 is 14.5 Å². The number of anilines is 1. The molecule has 1 aromatic heterocycles. The Morgan fingerprint density at radius 1 is 0.962 bits per heavy atom. The molecule has 136 valence electrons. The molecule has 0 unspecified atom stereocenters. The van der Waals surface area contributed by atoms with E-state index in [4.69, 9.17) is 9.15 Å². The number of alkyl halides is 3. The number of hydrogen-bond acceptors (Lipinski definition) is 5. The molecule has 3 rings (SSSR count). The van der Waals surface area contributed by atoms with Gasteiger partial charge in [0.05, 0.1) is 18.6 Å². The maximum Gasteiger partial charge on any atom is 0.416 e. The standard InChI is InChI=1S/C18H16F3N3O2/c19-18(20,21)15-9-5-4-6-13(15)12-22-17-24-23-16(26-17)10-11-25-14-7-2-1-3-8-14/h1-9H,10-12H2,(H,22,24). The van der Waals surface area contributed by atoms with E-state index >= 15 is 0 Å². The summed E-state index contributed by atoms with van der Waals surface area (Å²) in [5, 5.41) is 10.4. The van der Waals surface area contributed by atoms with Crippen LogP contribution in [-0.2, 0) is 19.1 Å². The first kappa shape index (κ1) is 17.8. The van der Waals surface area contributed by atoms with E-state index in [0.29, 0.717) is 18.9 Å². The van der Waals surface area contributed by atoms with Gasteiger partial charge in [-0.25, -0.2) is 0 Å². The number of halogens is 3. The molecule has 8 heteroatoms. The SMILES string of the molecule is FC(F)(F)c1ccccc1CNc1nnc(CCOc2ccccc2)o1. The molecule has 0 aliphatic heterocycles. The molecular formula is C18H16F3N3O2. The Hall–Kier alpha value is -3.03. The van der Waals surface area contributed by atoms with Gasteiger partial charge in [-0.1, -0.05) is 41.5 Å². The van der Waals surface area contributed by atoms with Crippen molar-refractivity contribution in [3.05, 3.63) is 71.6 Å². The average Bonchev–Trinajstić information content (AvgIpc) is 3.08. The molecule has 0 saturated heterocycles. The van der Waals surface area contributed by atoms with Gasteiger partial charge in [-0.2, -0.15) is 13.2 Å². The summed E-state index contributed by atoms with van der Waals surface area (Å²) >= 11 is 0. The van der Waals surface area contributed by atoms with Gasteiger partial charge in [-0.15, -0.1) is 5.10 Å². The second-order valence-electron chi connectivity index (χ2n) is 5.42. The third-order valence-electron chi connectivity index (χ3n) is 3.55. The normalized spacial score (nSPS) is 11.3. The van der Waals surface area contributed by atoms with Gasteiger partial charge in [-0.05, 0) is 23.8 Å². The molecule has 0 atom stereocenters. The Morgan fingerprint density at radius 2 is 1.69 bits per heavy atom. The van der Waals surface area contributed by atoms with Gasteiger partial charge in [0.15, 0.2) is 0 Å². The van der Waals surface area contributed by atoms with Crippen LogP contribution in [0.1, 0.15) is 17.0 Å². The Balaban J connectivity index is 1.53. The first-order valence-corrected chi connectivity index (χ1v) is 7.91. The molecule has 1 heterocycles. The third kappa shape index (κ3) is 4.75. The van der Waals surface area contributed by atoms with Crippen LogP contribution in [-0.4, -0.2) is 16.8 Å². The number of ether oxygens (including phenoxy) is 1. The minimum absolute atomic E-state index is 0.0664. The molecule has 0 spiro atoms. The van der Waals surface area contributed by atoms with Crippen molar-refractivity contribution in [2.75, 3.05) is 11.9 Å². The fraction of sp³-hybridized carbons (Fsp3) is 0.222. The Bertz CT molecular complexity index is 835. The van der Waals surface area contributed by atoms with E-state index < -0.39 is 11.7 Å². The lowest BCUT2D eigenvalue weighted by Crippen LogP contribution is -2.11. The fourth-order valence-electron chi connectivity index (χ4n) is 2.32. The quantitative estimate of drug-likeness (QED) is 0.677. The summed E-state index contributed by atoms with van der Waals surface area (Å²) in [4.78, 5) is 0. The van der Waals surface area contributed by atoms with Crippen LogP contribution in [0.5, 0.6) is 5.75 Å². The van der Waals surface area contributed by atoms with Crippen molar-refractivity contribution in [1.82, 2.24) is 10.2 Å². The zero-order valence-electron chi connectivity index (χ0n) is 13.7. The first-order valence-electron chi connectivity index (χ1n) is 7.91. The van der Waals surface area contributed by atoms with Gasteiger partial charge in [0, 0.05) is 6.54 Å². The van der Waals surface area contributed by atoms with Crippen LogP contribution in [0.3, 0.4) is 0 Å². The molecule has 0 radical (unpaired) electrons. The number of rotatable bonds is 7. The molecule has 0 aliphatic rings. The number of benzene rings is 2. The highest BCUT2D eigenvalue weighted by Gasteiger charge is 2.32. The molecule has 2 aromatic carbocycles. The van der Waals surface area contributed by atoms with Crippen LogP contribution in [0.2, 0.25) is 0 Å².